The fraction of sp³-hybridized carbons (Fsp3) is 0.565. The first-order chi connectivity index (χ1) is 13.4. The van der Waals surface area contributed by atoms with E-state index in [0.717, 1.165) is 47.8 Å². The Morgan fingerprint density at radius 1 is 1.29 bits per heavy atom. The van der Waals surface area contributed by atoms with Crippen molar-refractivity contribution in [1.82, 2.24) is 9.88 Å². The van der Waals surface area contributed by atoms with Crippen molar-refractivity contribution in [1.29, 1.82) is 0 Å². The third kappa shape index (κ3) is 3.65. The quantitative estimate of drug-likeness (QED) is 0.859. The maximum atomic E-state index is 13.2. The molecule has 5 nitrogen and oxygen atoms in total. The van der Waals surface area contributed by atoms with Gasteiger partial charge in [0, 0.05) is 24.9 Å². The van der Waals surface area contributed by atoms with Crippen molar-refractivity contribution >= 4 is 16.8 Å². The third-order valence-electron chi connectivity index (χ3n) is 6.37. The number of ether oxygens (including phenoxy) is 1. The van der Waals surface area contributed by atoms with Crippen LogP contribution in [-0.4, -0.2) is 51.8 Å². The van der Waals surface area contributed by atoms with Crippen molar-refractivity contribution < 1.29 is 14.6 Å². The maximum absolute atomic E-state index is 13.2. The molecule has 2 atom stereocenters. The van der Waals surface area contributed by atoms with Gasteiger partial charge < -0.3 is 14.7 Å². The van der Waals surface area contributed by atoms with Gasteiger partial charge in [-0.15, -0.1) is 0 Å². The van der Waals surface area contributed by atoms with Crippen molar-refractivity contribution in [3.8, 4) is 0 Å². The second kappa shape index (κ2) is 7.45. The average Bonchev–Trinajstić information content (AvgIpc) is 2.67. The third-order valence-corrected chi connectivity index (χ3v) is 6.37. The maximum Gasteiger partial charge on any atom is 0.255 e. The van der Waals surface area contributed by atoms with Crippen molar-refractivity contribution in [2.45, 2.75) is 70.7 Å². The van der Waals surface area contributed by atoms with E-state index in [-0.39, 0.29) is 23.7 Å². The van der Waals surface area contributed by atoms with Crippen molar-refractivity contribution in [2.75, 3.05) is 13.1 Å². The Labute approximate surface area is 166 Å². The molecule has 28 heavy (non-hydrogen) atoms. The molecule has 1 aromatic carbocycles. The lowest BCUT2D eigenvalue weighted by atomic mass is 9.81. The molecule has 2 saturated heterocycles. The summed E-state index contributed by atoms with van der Waals surface area (Å²) in [5.74, 6) is 0.0478. The van der Waals surface area contributed by atoms with Gasteiger partial charge in [-0.3, -0.25) is 9.78 Å². The number of rotatable bonds is 2. The Morgan fingerprint density at radius 2 is 2.04 bits per heavy atom. The highest BCUT2D eigenvalue weighted by Gasteiger charge is 2.43. The second-order valence-corrected chi connectivity index (χ2v) is 8.53. The number of aryl methyl sites for hydroxylation is 2. The van der Waals surface area contributed by atoms with E-state index in [0.29, 0.717) is 25.1 Å². The summed E-state index contributed by atoms with van der Waals surface area (Å²) >= 11 is 0. The van der Waals surface area contributed by atoms with Gasteiger partial charge >= 0.3 is 0 Å². The Kier molecular flexibility index (Phi) is 5.15. The molecule has 1 spiro atoms. The van der Waals surface area contributed by atoms with Crippen LogP contribution in [0.4, 0.5) is 0 Å². The largest absolute Gasteiger partial charge is 0.393 e. The number of hydrogen-bond acceptors (Lipinski definition) is 4. The number of likely N-dealkylation sites (tertiary alicyclic amines) is 1. The molecule has 3 heterocycles. The highest BCUT2D eigenvalue weighted by atomic mass is 16.5. The summed E-state index contributed by atoms with van der Waals surface area (Å²) in [6.45, 7) is 7.38. The Morgan fingerprint density at radius 3 is 2.75 bits per heavy atom. The number of amides is 1. The number of fused-ring (bicyclic) bond motifs is 1. The minimum Gasteiger partial charge on any atom is -0.393 e. The average molecular weight is 383 g/mol. The monoisotopic (exact) mass is 382 g/mol. The summed E-state index contributed by atoms with van der Waals surface area (Å²) in [6, 6.07) is 8.10. The molecule has 2 aliphatic heterocycles. The van der Waals surface area contributed by atoms with E-state index in [2.05, 4.69) is 18.0 Å². The van der Waals surface area contributed by atoms with Crippen LogP contribution in [0.1, 0.15) is 60.6 Å². The van der Waals surface area contributed by atoms with Gasteiger partial charge in [-0.1, -0.05) is 18.6 Å². The van der Waals surface area contributed by atoms with Crippen LogP contribution < -0.4 is 0 Å². The molecule has 150 valence electrons. The Balaban J connectivity index is 1.51. The molecule has 0 aliphatic carbocycles. The smallest absolute Gasteiger partial charge is 0.255 e. The standard InChI is InChI=1S/C23H30N2O3/c1-4-19-13-18(26)14-23(28-19)7-9-25(10-8-23)22(27)20-12-17-11-15(2)5-6-21(17)24-16(20)3/h5-6,11-12,18-19,26H,4,7-10,13-14H2,1-3H3/t18-,19+/m1/s1. The molecular formula is C23H30N2O3. The van der Waals surface area contributed by atoms with E-state index in [1.54, 1.807) is 0 Å². The van der Waals surface area contributed by atoms with Crippen molar-refractivity contribution in [3.05, 3.63) is 41.1 Å². The molecule has 1 aromatic heterocycles. The SMILES string of the molecule is CC[C@H]1C[C@@H](O)CC2(CCN(C(=O)c3cc4cc(C)ccc4nc3C)CC2)O1. The van der Waals surface area contributed by atoms with Crippen LogP contribution in [0.5, 0.6) is 0 Å². The number of pyridine rings is 1. The number of nitrogens with zero attached hydrogens (tertiary/aromatic N) is 2. The first-order valence-corrected chi connectivity index (χ1v) is 10.4. The van der Waals surface area contributed by atoms with Crippen LogP contribution in [0, 0.1) is 13.8 Å². The highest BCUT2D eigenvalue weighted by molar-refractivity contribution is 5.98. The van der Waals surface area contributed by atoms with Crippen molar-refractivity contribution in [2.24, 2.45) is 0 Å². The van der Waals surface area contributed by atoms with E-state index in [1.807, 2.05) is 36.9 Å². The Hall–Kier alpha value is -1.98. The van der Waals surface area contributed by atoms with Gasteiger partial charge in [-0.25, -0.2) is 0 Å². The number of carbonyl (C=O) groups is 1. The first-order valence-electron chi connectivity index (χ1n) is 10.4. The predicted molar refractivity (Wildman–Crippen MR) is 109 cm³/mol. The zero-order valence-electron chi connectivity index (χ0n) is 17.1. The van der Waals surface area contributed by atoms with Gasteiger partial charge in [0.05, 0.1) is 34.6 Å². The number of piperidine rings is 1. The molecular weight excluding hydrogens is 352 g/mol. The van der Waals surface area contributed by atoms with Gasteiger partial charge in [0.2, 0.25) is 0 Å². The lowest BCUT2D eigenvalue weighted by molar-refractivity contribution is -0.179. The number of benzene rings is 1. The fourth-order valence-corrected chi connectivity index (χ4v) is 4.73. The van der Waals surface area contributed by atoms with Gasteiger partial charge in [0.15, 0.2) is 0 Å². The lowest BCUT2D eigenvalue weighted by Crippen LogP contribution is -2.53. The van der Waals surface area contributed by atoms with Crippen LogP contribution in [0.3, 0.4) is 0 Å². The minimum absolute atomic E-state index is 0.0478. The van der Waals surface area contributed by atoms with Gasteiger partial charge in [-0.05, 0) is 57.7 Å². The van der Waals surface area contributed by atoms with Gasteiger partial charge in [0.25, 0.3) is 5.91 Å². The second-order valence-electron chi connectivity index (χ2n) is 8.53. The van der Waals surface area contributed by atoms with E-state index in [4.69, 9.17) is 4.74 Å². The van der Waals surface area contributed by atoms with Crippen LogP contribution in [0.2, 0.25) is 0 Å². The molecule has 2 fully saturated rings. The molecule has 2 aromatic rings. The molecule has 0 saturated carbocycles. The summed E-state index contributed by atoms with van der Waals surface area (Å²) in [5.41, 5.74) is 3.27. The number of aromatic nitrogens is 1. The molecule has 2 aliphatic rings. The molecule has 1 N–H and O–H groups in total. The Bertz CT molecular complexity index is 887. The molecule has 5 heteroatoms. The van der Waals surface area contributed by atoms with Crippen LogP contribution in [-0.2, 0) is 4.74 Å². The molecule has 0 radical (unpaired) electrons. The van der Waals surface area contributed by atoms with Crippen molar-refractivity contribution in [3.63, 3.8) is 0 Å². The number of aliphatic hydroxyl groups excluding tert-OH is 1. The number of hydrogen-bond donors (Lipinski definition) is 1. The zero-order chi connectivity index (χ0) is 19.9. The molecule has 0 bridgehead atoms. The normalized spacial score (nSPS) is 24.6. The highest BCUT2D eigenvalue weighted by Crippen LogP contribution is 2.38. The lowest BCUT2D eigenvalue weighted by Gasteiger charge is -2.47. The van der Waals surface area contributed by atoms with E-state index >= 15 is 0 Å². The van der Waals surface area contributed by atoms with Crippen LogP contribution >= 0.6 is 0 Å². The summed E-state index contributed by atoms with van der Waals surface area (Å²) < 4.78 is 6.35. The number of carbonyl (C=O) groups excluding carboxylic acids is 1. The summed E-state index contributed by atoms with van der Waals surface area (Å²) in [7, 11) is 0. The van der Waals surface area contributed by atoms with Crippen LogP contribution in [0.15, 0.2) is 24.3 Å². The zero-order valence-corrected chi connectivity index (χ0v) is 17.1. The molecule has 0 unspecified atom stereocenters. The fourth-order valence-electron chi connectivity index (χ4n) is 4.73. The van der Waals surface area contributed by atoms with E-state index in [1.165, 1.54) is 0 Å². The van der Waals surface area contributed by atoms with E-state index < -0.39 is 0 Å². The van der Waals surface area contributed by atoms with E-state index in [9.17, 15) is 9.90 Å². The van der Waals surface area contributed by atoms with Gasteiger partial charge in [0.1, 0.15) is 0 Å². The summed E-state index contributed by atoms with van der Waals surface area (Å²) in [6.07, 6.45) is 3.72. The summed E-state index contributed by atoms with van der Waals surface area (Å²) in [4.78, 5) is 19.8. The summed E-state index contributed by atoms with van der Waals surface area (Å²) in [5, 5.41) is 11.3. The minimum atomic E-state index is -0.295. The number of aliphatic hydroxyl groups is 1. The predicted octanol–water partition coefficient (Wildman–Crippen LogP) is 3.78. The van der Waals surface area contributed by atoms with Gasteiger partial charge in [-0.2, -0.15) is 0 Å². The topological polar surface area (TPSA) is 62.7 Å². The molecule has 4 rings (SSSR count). The first kappa shape index (κ1) is 19.3. The van der Waals surface area contributed by atoms with Crippen LogP contribution in [0.25, 0.3) is 10.9 Å². The molecule has 1 amide bonds.